The van der Waals surface area contributed by atoms with Gasteiger partial charge in [-0.05, 0) is 31.0 Å². The molecule has 0 heterocycles. The van der Waals surface area contributed by atoms with Crippen molar-refractivity contribution in [2.45, 2.75) is 44.6 Å². The molecule has 106 valence electrons. The van der Waals surface area contributed by atoms with Crippen LogP contribution >= 0.6 is 0 Å². The first-order valence-corrected chi connectivity index (χ1v) is 10.8. The third-order valence-corrected chi connectivity index (χ3v) is 4.82. The van der Waals surface area contributed by atoms with Crippen LogP contribution in [0.3, 0.4) is 0 Å². The van der Waals surface area contributed by atoms with Crippen LogP contribution in [0, 0.1) is 0 Å². The Morgan fingerprint density at radius 2 is 1.95 bits per heavy atom. The van der Waals surface area contributed by atoms with Crippen LogP contribution in [-0.2, 0) is 4.74 Å². The van der Waals surface area contributed by atoms with Crippen molar-refractivity contribution in [2.24, 2.45) is 0 Å². The van der Waals surface area contributed by atoms with Crippen molar-refractivity contribution in [2.75, 3.05) is 18.7 Å². The number of rotatable bonds is 8. The van der Waals surface area contributed by atoms with E-state index in [1.807, 2.05) is 18.2 Å². The summed E-state index contributed by atoms with van der Waals surface area (Å²) in [6, 6.07) is 9.90. The summed E-state index contributed by atoms with van der Waals surface area (Å²) in [5, 5.41) is 3.48. The maximum atomic E-state index is 5.71. The molecule has 2 rings (SSSR count). The van der Waals surface area contributed by atoms with Crippen LogP contribution in [0.1, 0.15) is 12.8 Å². The molecule has 1 saturated carbocycles. The number of hydrogen-bond donors (Lipinski definition) is 1. The summed E-state index contributed by atoms with van der Waals surface area (Å²) < 4.78 is 11.3. The molecule has 0 unspecified atom stereocenters. The second-order valence-electron chi connectivity index (χ2n) is 6.40. The van der Waals surface area contributed by atoms with Gasteiger partial charge in [0.25, 0.3) is 0 Å². The van der Waals surface area contributed by atoms with Crippen LogP contribution in [0.25, 0.3) is 0 Å². The number of benzene rings is 1. The molecule has 1 fully saturated rings. The van der Waals surface area contributed by atoms with Crippen molar-refractivity contribution < 1.29 is 9.47 Å². The van der Waals surface area contributed by atoms with Gasteiger partial charge in [0.05, 0.1) is 5.69 Å². The third kappa shape index (κ3) is 5.66. The van der Waals surface area contributed by atoms with Crippen LogP contribution in [0.4, 0.5) is 5.69 Å². The summed E-state index contributed by atoms with van der Waals surface area (Å²) in [4.78, 5) is 0. The number of nitrogens with one attached hydrogen (secondary N) is 1. The van der Waals surface area contributed by atoms with Crippen molar-refractivity contribution in [3.63, 3.8) is 0 Å². The maximum absolute atomic E-state index is 5.71. The molecule has 0 radical (unpaired) electrons. The zero-order chi connectivity index (χ0) is 13.7. The van der Waals surface area contributed by atoms with E-state index in [2.05, 4.69) is 31.0 Å². The fraction of sp³-hybridized carbons (Fsp3) is 0.600. The Morgan fingerprint density at radius 3 is 2.63 bits per heavy atom. The van der Waals surface area contributed by atoms with E-state index in [4.69, 9.17) is 9.47 Å². The van der Waals surface area contributed by atoms with Crippen LogP contribution in [0.15, 0.2) is 24.3 Å². The second-order valence-corrected chi connectivity index (χ2v) is 12.0. The molecular formula is C15H25NO2Si. The standard InChI is InChI=1S/C15H25NO2Si/c1-19(2,3)11-10-17-12-18-15-7-5-4-6-14(15)16-13-8-9-13/h4-7,13,16H,8-12H2,1-3H3. The number of anilines is 1. The molecule has 0 aliphatic heterocycles. The zero-order valence-electron chi connectivity index (χ0n) is 12.2. The minimum Gasteiger partial charge on any atom is -0.465 e. The van der Waals surface area contributed by atoms with E-state index < -0.39 is 8.07 Å². The summed E-state index contributed by atoms with van der Waals surface area (Å²) in [5.41, 5.74) is 1.08. The van der Waals surface area contributed by atoms with Gasteiger partial charge in [0, 0.05) is 20.7 Å². The van der Waals surface area contributed by atoms with Gasteiger partial charge in [0.2, 0.25) is 0 Å². The number of ether oxygens (including phenoxy) is 2. The minimum absolute atomic E-state index is 0.341. The van der Waals surface area contributed by atoms with Gasteiger partial charge in [-0.3, -0.25) is 0 Å². The molecule has 1 aromatic carbocycles. The molecule has 1 aromatic rings. The Kier molecular flexibility index (Phi) is 4.88. The Hall–Kier alpha value is -1.00. The molecule has 1 aliphatic carbocycles. The average molecular weight is 279 g/mol. The van der Waals surface area contributed by atoms with Gasteiger partial charge in [0.15, 0.2) is 6.79 Å². The van der Waals surface area contributed by atoms with Crippen LogP contribution in [0.2, 0.25) is 25.7 Å². The molecule has 1 N–H and O–H groups in total. The molecule has 4 heteroatoms. The van der Waals surface area contributed by atoms with Gasteiger partial charge in [-0.1, -0.05) is 31.8 Å². The first kappa shape index (κ1) is 14.4. The summed E-state index contributed by atoms with van der Waals surface area (Å²) >= 11 is 0. The van der Waals surface area contributed by atoms with Gasteiger partial charge < -0.3 is 14.8 Å². The van der Waals surface area contributed by atoms with E-state index in [0.717, 1.165) is 18.0 Å². The van der Waals surface area contributed by atoms with Crippen LogP contribution in [0.5, 0.6) is 5.75 Å². The van der Waals surface area contributed by atoms with Gasteiger partial charge in [-0.2, -0.15) is 0 Å². The Morgan fingerprint density at radius 1 is 1.21 bits per heavy atom. The van der Waals surface area contributed by atoms with Crippen LogP contribution < -0.4 is 10.1 Å². The monoisotopic (exact) mass is 279 g/mol. The van der Waals surface area contributed by atoms with Crippen molar-refractivity contribution in [3.05, 3.63) is 24.3 Å². The summed E-state index contributed by atoms with van der Waals surface area (Å²) in [7, 11) is -1.00. The van der Waals surface area contributed by atoms with E-state index in [1.165, 1.54) is 18.9 Å². The van der Waals surface area contributed by atoms with Crippen molar-refractivity contribution in [1.29, 1.82) is 0 Å². The van der Waals surface area contributed by atoms with Gasteiger partial charge >= 0.3 is 0 Å². The molecule has 3 nitrogen and oxygen atoms in total. The lowest BCUT2D eigenvalue weighted by Crippen LogP contribution is -2.22. The summed E-state index contributed by atoms with van der Waals surface area (Å²) in [6.45, 7) is 8.20. The van der Waals surface area contributed by atoms with E-state index in [-0.39, 0.29) is 0 Å². The fourth-order valence-electron chi connectivity index (χ4n) is 1.70. The lowest BCUT2D eigenvalue weighted by atomic mass is 10.3. The SMILES string of the molecule is C[Si](C)(C)CCOCOc1ccccc1NC1CC1. The molecule has 0 atom stereocenters. The predicted molar refractivity (Wildman–Crippen MR) is 82.7 cm³/mol. The summed E-state index contributed by atoms with van der Waals surface area (Å²) in [6.07, 6.45) is 2.53. The third-order valence-electron chi connectivity index (χ3n) is 3.12. The first-order valence-electron chi connectivity index (χ1n) is 7.11. The van der Waals surface area contributed by atoms with E-state index in [1.54, 1.807) is 0 Å². The number of para-hydroxylation sites is 2. The average Bonchev–Trinajstić information content (AvgIpc) is 3.13. The Bertz CT molecular complexity index is 399. The lowest BCUT2D eigenvalue weighted by molar-refractivity contribution is 0.0224. The highest BCUT2D eigenvalue weighted by atomic mass is 28.3. The second kappa shape index (κ2) is 6.44. The van der Waals surface area contributed by atoms with Crippen LogP contribution in [-0.4, -0.2) is 27.5 Å². The van der Waals surface area contributed by atoms with E-state index in [9.17, 15) is 0 Å². The molecule has 0 spiro atoms. The molecule has 1 aliphatic rings. The number of hydrogen-bond acceptors (Lipinski definition) is 3. The highest BCUT2D eigenvalue weighted by molar-refractivity contribution is 6.76. The highest BCUT2D eigenvalue weighted by Gasteiger charge is 2.22. The van der Waals surface area contributed by atoms with Crippen molar-refractivity contribution in [3.8, 4) is 5.75 Å². The summed E-state index contributed by atoms with van der Waals surface area (Å²) in [5.74, 6) is 0.891. The van der Waals surface area contributed by atoms with Gasteiger partial charge in [-0.15, -0.1) is 0 Å². The Balaban J connectivity index is 1.72. The molecule has 0 bridgehead atoms. The molecule has 0 saturated heterocycles. The fourth-order valence-corrected chi connectivity index (χ4v) is 2.46. The first-order chi connectivity index (χ1) is 9.04. The molecular weight excluding hydrogens is 254 g/mol. The smallest absolute Gasteiger partial charge is 0.189 e. The topological polar surface area (TPSA) is 30.5 Å². The molecule has 0 amide bonds. The van der Waals surface area contributed by atoms with E-state index >= 15 is 0 Å². The normalized spacial score (nSPS) is 15.3. The Labute approximate surface area is 117 Å². The zero-order valence-corrected chi connectivity index (χ0v) is 13.2. The maximum Gasteiger partial charge on any atom is 0.189 e. The van der Waals surface area contributed by atoms with Gasteiger partial charge in [-0.25, -0.2) is 0 Å². The van der Waals surface area contributed by atoms with E-state index in [0.29, 0.717) is 12.8 Å². The molecule has 0 aromatic heterocycles. The van der Waals surface area contributed by atoms with Crippen molar-refractivity contribution in [1.82, 2.24) is 0 Å². The van der Waals surface area contributed by atoms with Crippen molar-refractivity contribution >= 4 is 13.8 Å². The lowest BCUT2D eigenvalue weighted by Gasteiger charge is -2.16. The largest absolute Gasteiger partial charge is 0.465 e. The minimum atomic E-state index is -1.00. The molecule has 19 heavy (non-hydrogen) atoms. The van der Waals surface area contributed by atoms with Gasteiger partial charge in [0.1, 0.15) is 5.75 Å². The highest BCUT2D eigenvalue weighted by Crippen LogP contribution is 2.30. The quantitative estimate of drug-likeness (QED) is 0.444. The predicted octanol–water partition coefficient (Wildman–Crippen LogP) is 3.95.